The summed E-state index contributed by atoms with van der Waals surface area (Å²) in [7, 11) is 1.81. The molecule has 1 aliphatic heterocycles. The number of hydrogen-bond acceptors (Lipinski definition) is 3. The van der Waals surface area contributed by atoms with Crippen LogP contribution in [-0.2, 0) is 4.74 Å². The van der Waals surface area contributed by atoms with Gasteiger partial charge in [0.15, 0.2) is 0 Å². The summed E-state index contributed by atoms with van der Waals surface area (Å²) in [6.07, 6.45) is 6.71. The molecule has 2 atom stereocenters. The van der Waals surface area contributed by atoms with Gasteiger partial charge in [-0.1, -0.05) is 13.3 Å². The zero-order valence-corrected chi connectivity index (χ0v) is 11.5. The van der Waals surface area contributed by atoms with E-state index in [-0.39, 0.29) is 5.54 Å². The molecule has 0 bridgehead atoms. The highest BCUT2D eigenvalue weighted by Crippen LogP contribution is 2.44. The molecule has 0 amide bonds. The Bertz CT molecular complexity index is 242. The highest BCUT2D eigenvalue weighted by atomic mass is 16.5. The minimum absolute atomic E-state index is 0.141. The van der Waals surface area contributed by atoms with E-state index in [1.54, 1.807) is 0 Å². The van der Waals surface area contributed by atoms with Crippen molar-refractivity contribution in [1.82, 2.24) is 4.90 Å². The molecule has 1 aliphatic carbocycles. The highest BCUT2D eigenvalue weighted by molar-refractivity contribution is 5.04. The third-order valence-corrected chi connectivity index (χ3v) is 4.81. The quantitative estimate of drug-likeness (QED) is 0.770. The van der Waals surface area contributed by atoms with Gasteiger partial charge in [0, 0.05) is 20.2 Å². The fourth-order valence-electron chi connectivity index (χ4n) is 3.50. The van der Waals surface area contributed by atoms with Crippen molar-refractivity contribution in [3.8, 4) is 0 Å². The van der Waals surface area contributed by atoms with Crippen LogP contribution >= 0.6 is 0 Å². The van der Waals surface area contributed by atoms with Gasteiger partial charge in [0.2, 0.25) is 0 Å². The number of nitrogens with zero attached hydrogens (tertiary/aromatic N) is 1. The van der Waals surface area contributed by atoms with Crippen LogP contribution in [0.25, 0.3) is 0 Å². The Labute approximate surface area is 106 Å². The van der Waals surface area contributed by atoms with Crippen LogP contribution in [-0.4, -0.2) is 43.8 Å². The molecule has 2 rings (SSSR count). The lowest BCUT2D eigenvalue weighted by Gasteiger charge is -2.47. The number of nitrogens with two attached hydrogens (primary N) is 1. The van der Waals surface area contributed by atoms with Crippen LogP contribution in [0, 0.1) is 11.8 Å². The molecule has 0 aromatic heterocycles. The van der Waals surface area contributed by atoms with Crippen LogP contribution in [0.15, 0.2) is 0 Å². The Morgan fingerprint density at radius 1 is 1.35 bits per heavy atom. The predicted octanol–water partition coefficient (Wildman–Crippen LogP) is 1.86. The largest absolute Gasteiger partial charge is 0.383 e. The molecule has 0 radical (unpaired) electrons. The van der Waals surface area contributed by atoms with Crippen molar-refractivity contribution < 1.29 is 4.74 Å². The van der Waals surface area contributed by atoms with Crippen molar-refractivity contribution in [2.45, 2.75) is 44.6 Å². The van der Waals surface area contributed by atoms with Crippen molar-refractivity contribution in [2.75, 3.05) is 33.4 Å². The molecule has 100 valence electrons. The number of likely N-dealkylation sites (tertiary alicyclic amines) is 1. The summed E-state index contributed by atoms with van der Waals surface area (Å²) < 4.78 is 5.50. The first-order valence-corrected chi connectivity index (χ1v) is 7.21. The molecule has 0 spiro atoms. The molecule has 0 aromatic carbocycles. The van der Waals surface area contributed by atoms with Gasteiger partial charge < -0.3 is 10.5 Å². The Morgan fingerprint density at radius 3 is 2.65 bits per heavy atom. The van der Waals surface area contributed by atoms with Gasteiger partial charge in [0.1, 0.15) is 0 Å². The summed E-state index contributed by atoms with van der Waals surface area (Å²) >= 11 is 0. The summed E-state index contributed by atoms with van der Waals surface area (Å²) in [4.78, 5) is 2.66. The maximum atomic E-state index is 6.13. The number of piperidine rings is 1. The lowest BCUT2D eigenvalue weighted by molar-refractivity contribution is -0.0240. The van der Waals surface area contributed by atoms with Gasteiger partial charge in [0.05, 0.1) is 12.1 Å². The predicted molar refractivity (Wildman–Crippen MR) is 71.0 cm³/mol. The first-order chi connectivity index (χ1) is 8.26. The van der Waals surface area contributed by atoms with Gasteiger partial charge in [-0.3, -0.25) is 4.90 Å². The molecule has 1 saturated heterocycles. The smallest absolute Gasteiger partial charge is 0.0661 e. The molecule has 17 heavy (non-hydrogen) atoms. The fourth-order valence-corrected chi connectivity index (χ4v) is 3.50. The van der Waals surface area contributed by atoms with Gasteiger partial charge in [-0.15, -0.1) is 0 Å². The van der Waals surface area contributed by atoms with E-state index in [0.717, 1.165) is 25.0 Å². The van der Waals surface area contributed by atoms with Crippen LogP contribution in [0.2, 0.25) is 0 Å². The third kappa shape index (κ3) is 2.67. The second-order valence-electron chi connectivity index (χ2n) is 5.88. The van der Waals surface area contributed by atoms with Gasteiger partial charge in [-0.05, 0) is 44.1 Å². The van der Waals surface area contributed by atoms with Crippen molar-refractivity contribution in [1.29, 1.82) is 0 Å². The molecule has 1 heterocycles. The maximum Gasteiger partial charge on any atom is 0.0661 e. The Kier molecular flexibility index (Phi) is 4.45. The van der Waals surface area contributed by atoms with E-state index in [9.17, 15) is 0 Å². The molecule has 3 heteroatoms. The van der Waals surface area contributed by atoms with Crippen molar-refractivity contribution >= 4 is 0 Å². The zero-order valence-electron chi connectivity index (χ0n) is 11.5. The summed E-state index contributed by atoms with van der Waals surface area (Å²) in [5.74, 6) is 1.65. The molecule has 3 nitrogen and oxygen atoms in total. The van der Waals surface area contributed by atoms with E-state index in [1.165, 1.54) is 45.2 Å². The standard InChI is InChI=1S/C14H28N2O/c1-3-12-5-4-8-16(9-12)14(10-15,11-17-2)13-6-7-13/h12-13H,3-11,15H2,1-2H3. The average molecular weight is 240 g/mol. The Balaban J connectivity index is 2.08. The fraction of sp³-hybridized carbons (Fsp3) is 1.00. The minimum Gasteiger partial charge on any atom is -0.383 e. The Morgan fingerprint density at radius 2 is 2.12 bits per heavy atom. The molecule has 0 aromatic rings. The number of ether oxygens (including phenoxy) is 1. The van der Waals surface area contributed by atoms with Crippen LogP contribution < -0.4 is 5.73 Å². The van der Waals surface area contributed by atoms with Crippen LogP contribution in [0.4, 0.5) is 0 Å². The molecule has 2 aliphatic rings. The second-order valence-corrected chi connectivity index (χ2v) is 5.88. The first-order valence-electron chi connectivity index (χ1n) is 7.21. The molecule has 2 fully saturated rings. The van der Waals surface area contributed by atoms with E-state index in [4.69, 9.17) is 10.5 Å². The van der Waals surface area contributed by atoms with E-state index < -0.39 is 0 Å². The highest BCUT2D eigenvalue weighted by Gasteiger charge is 2.49. The van der Waals surface area contributed by atoms with E-state index >= 15 is 0 Å². The SMILES string of the molecule is CCC1CCCN(C(CN)(COC)C2CC2)C1. The van der Waals surface area contributed by atoms with Gasteiger partial charge in [-0.2, -0.15) is 0 Å². The lowest BCUT2D eigenvalue weighted by Crippen LogP contribution is -2.61. The van der Waals surface area contributed by atoms with Gasteiger partial charge >= 0.3 is 0 Å². The summed E-state index contributed by atoms with van der Waals surface area (Å²) in [6.45, 7) is 6.32. The zero-order chi connectivity index (χ0) is 12.3. The normalized spacial score (nSPS) is 30.2. The summed E-state index contributed by atoms with van der Waals surface area (Å²) in [5.41, 5.74) is 6.27. The summed E-state index contributed by atoms with van der Waals surface area (Å²) in [5, 5.41) is 0. The molecular formula is C14H28N2O. The molecule has 2 unspecified atom stereocenters. The van der Waals surface area contributed by atoms with Gasteiger partial charge in [0.25, 0.3) is 0 Å². The van der Waals surface area contributed by atoms with Crippen molar-refractivity contribution in [3.63, 3.8) is 0 Å². The van der Waals surface area contributed by atoms with E-state index in [2.05, 4.69) is 11.8 Å². The number of hydrogen-bond donors (Lipinski definition) is 1. The van der Waals surface area contributed by atoms with Crippen LogP contribution in [0.1, 0.15) is 39.0 Å². The van der Waals surface area contributed by atoms with Crippen LogP contribution in [0.3, 0.4) is 0 Å². The first kappa shape index (κ1) is 13.3. The monoisotopic (exact) mass is 240 g/mol. The Hall–Kier alpha value is -0.120. The maximum absolute atomic E-state index is 6.13. The number of rotatable bonds is 6. The molecule has 2 N–H and O–H groups in total. The van der Waals surface area contributed by atoms with E-state index in [0.29, 0.717) is 0 Å². The molecule has 1 saturated carbocycles. The third-order valence-electron chi connectivity index (χ3n) is 4.81. The number of methoxy groups -OCH3 is 1. The summed E-state index contributed by atoms with van der Waals surface area (Å²) in [6, 6.07) is 0. The average Bonchev–Trinajstić information content (AvgIpc) is 3.21. The lowest BCUT2D eigenvalue weighted by atomic mass is 9.86. The van der Waals surface area contributed by atoms with Crippen LogP contribution in [0.5, 0.6) is 0 Å². The van der Waals surface area contributed by atoms with Crippen molar-refractivity contribution in [3.05, 3.63) is 0 Å². The second kappa shape index (κ2) is 5.68. The minimum atomic E-state index is 0.141. The van der Waals surface area contributed by atoms with Crippen molar-refractivity contribution in [2.24, 2.45) is 17.6 Å². The van der Waals surface area contributed by atoms with E-state index in [1.807, 2.05) is 7.11 Å². The molecular weight excluding hydrogens is 212 g/mol. The topological polar surface area (TPSA) is 38.5 Å². The van der Waals surface area contributed by atoms with Gasteiger partial charge in [-0.25, -0.2) is 0 Å².